The molecule has 1 aromatic carbocycles. The molecule has 2 N–H and O–H groups in total. The van der Waals surface area contributed by atoms with Crippen LogP contribution in [0.1, 0.15) is 49.2 Å². The number of aromatic amines is 1. The van der Waals surface area contributed by atoms with Crippen LogP contribution in [-0.2, 0) is 16.0 Å². The molecule has 4 rings (SSSR count). The van der Waals surface area contributed by atoms with Crippen LogP contribution in [0, 0.1) is 5.92 Å². The summed E-state index contributed by atoms with van der Waals surface area (Å²) in [5.74, 6) is 0.137. The number of carbonyl (C=O) groups excluding carboxylic acids is 3. The summed E-state index contributed by atoms with van der Waals surface area (Å²) in [5.41, 5.74) is 2.21. The highest BCUT2D eigenvalue weighted by atomic mass is 79.9. The van der Waals surface area contributed by atoms with Crippen molar-refractivity contribution in [2.45, 2.75) is 51.6 Å². The number of nitrogens with one attached hydrogen (secondary N) is 2. The van der Waals surface area contributed by atoms with Crippen molar-refractivity contribution >= 4 is 44.4 Å². The summed E-state index contributed by atoms with van der Waals surface area (Å²) in [6.07, 6.45) is 2.32. The van der Waals surface area contributed by atoms with Gasteiger partial charge in [0, 0.05) is 34.8 Å². The number of fused-ring (bicyclic) bond motifs is 2. The minimum Gasteiger partial charge on any atom is -0.352 e. The number of hydrogen-bond donors (Lipinski definition) is 2. The first-order valence-corrected chi connectivity index (χ1v) is 10.6. The van der Waals surface area contributed by atoms with Crippen molar-refractivity contribution in [1.29, 1.82) is 0 Å². The summed E-state index contributed by atoms with van der Waals surface area (Å²) in [7, 11) is 0. The van der Waals surface area contributed by atoms with Crippen LogP contribution in [0.25, 0.3) is 10.9 Å². The van der Waals surface area contributed by atoms with Gasteiger partial charge in [0.05, 0.1) is 5.69 Å². The molecule has 2 aliphatic rings. The zero-order chi connectivity index (χ0) is 20.0. The number of nitrogens with zero attached hydrogens (tertiary/aromatic N) is 1. The van der Waals surface area contributed by atoms with Gasteiger partial charge < -0.3 is 15.2 Å². The summed E-state index contributed by atoms with van der Waals surface area (Å²) in [5, 5.41) is 3.80. The number of benzene rings is 1. The number of hydrogen-bond acceptors (Lipinski definition) is 3. The lowest BCUT2D eigenvalue weighted by Crippen LogP contribution is -2.61. The van der Waals surface area contributed by atoms with Crippen LogP contribution in [-0.4, -0.2) is 46.1 Å². The van der Waals surface area contributed by atoms with E-state index in [-0.39, 0.29) is 29.6 Å². The van der Waals surface area contributed by atoms with Gasteiger partial charge in [-0.1, -0.05) is 29.8 Å². The number of Topliss-reactive ketones (excluding diaryl/α,β-unsaturated/α-hetero) is 1. The zero-order valence-corrected chi connectivity index (χ0v) is 17.6. The van der Waals surface area contributed by atoms with Crippen LogP contribution in [0.4, 0.5) is 0 Å². The Morgan fingerprint density at radius 3 is 2.86 bits per heavy atom. The van der Waals surface area contributed by atoms with E-state index in [1.54, 1.807) is 4.90 Å². The molecule has 7 heteroatoms. The highest BCUT2D eigenvalue weighted by molar-refractivity contribution is 9.10. The van der Waals surface area contributed by atoms with Gasteiger partial charge in [-0.3, -0.25) is 14.4 Å². The van der Waals surface area contributed by atoms with Gasteiger partial charge in [-0.05, 0) is 42.5 Å². The second-order valence-corrected chi connectivity index (χ2v) is 9.06. The Balaban J connectivity index is 1.72. The summed E-state index contributed by atoms with van der Waals surface area (Å²) in [6, 6.07) is 4.84. The number of ketones is 1. The Labute approximate surface area is 172 Å². The van der Waals surface area contributed by atoms with Crippen molar-refractivity contribution in [2.24, 2.45) is 5.92 Å². The Bertz CT molecular complexity index is 965. The Kier molecular flexibility index (Phi) is 5.04. The van der Waals surface area contributed by atoms with E-state index in [1.165, 1.54) is 0 Å². The van der Waals surface area contributed by atoms with Crippen molar-refractivity contribution in [3.8, 4) is 0 Å². The number of amides is 2. The normalized spacial score (nSPS) is 22.1. The second-order valence-electron chi connectivity index (χ2n) is 8.14. The fourth-order valence-corrected chi connectivity index (χ4v) is 4.68. The van der Waals surface area contributed by atoms with Crippen LogP contribution in [0.2, 0.25) is 0 Å². The first kappa shape index (κ1) is 19.2. The molecule has 148 valence electrons. The average Bonchev–Trinajstić information content (AvgIpc) is 3.25. The molecule has 2 aromatic rings. The van der Waals surface area contributed by atoms with E-state index >= 15 is 0 Å². The third-order valence-electron chi connectivity index (χ3n) is 5.60. The van der Waals surface area contributed by atoms with Crippen LogP contribution >= 0.6 is 15.9 Å². The van der Waals surface area contributed by atoms with E-state index in [0.29, 0.717) is 25.1 Å². The SMILES string of the molecule is CC(C)CC(=O)c1[nH]c2ccc(Br)cc2c1C[C@@H]1NC(=O)[C@@H]2CCCN2C1=O. The third-order valence-corrected chi connectivity index (χ3v) is 6.10. The van der Waals surface area contributed by atoms with Crippen LogP contribution < -0.4 is 5.32 Å². The highest BCUT2D eigenvalue weighted by Crippen LogP contribution is 2.30. The van der Waals surface area contributed by atoms with E-state index in [9.17, 15) is 14.4 Å². The van der Waals surface area contributed by atoms with E-state index in [2.05, 4.69) is 26.2 Å². The molecule has 3 heterocycles. The minimum atomic E-state index is -0.634. The van der Waals surface area contributed by atoms with Crippen LogP contribution in [0.5, 0.6) is 0 Å². The molecule has 2 aliphatic heterocycles. The van der Waals surface area contributed by atoms with Crippen molar-refractivity contribution in [3.63, 3.8) is 0 Å². The molecular weight excluding hydrogens is 422 g/mol. The topological polar surface area (TPSA) is 82.3 Å². The molecule has 0 aliphatic carbocycles. The van der Waals surface area contributed by atoms with Crippen molar-refractivity contribution in [2.75, 3.05) is 6.54 Å². The fourth-order valence-electron chi connectivity index (χ4n) is 4.32. The van der Waals surface area contributed by atoms with Crippen LogP contribution in [0.3, 0.4) is 0 Å². The van der Waals surface area contributed by atoms with Gasteiger partial charge in [-0.25, -0.2) is 0 Å². The van der Waals surface area contributed by atoms with E-state index in [0.717, 1.165) is 33.8 Å². The lowest BCUT2D eigenvalue weighted by atomic mass is 9.95. The molecule has 0 bridgehead atoms. The predicted molar refractivity (Wildman–Crippen MR) is 110 cm³/mol. The molecule has 2 fully saturated rings. The minimum absolute atomic E-state index is 0.0333. The standard InChI is InChI=1S/C21H24BrN3O3/c1-11(2)8-18(26)19-14(13-9-12(22)5-6-15(13)23-19)10-16-21(28)25-7-3-4-17(25)20(27)24-16/h5-6,9,11,16-17,23H,3-4,7-8,10H2,1-2H3,(H,24,27)/t16-,17-/m0/s1. The number of carbonyl (C=O) groups is 3. The highest BCUT2D eigenvalue weighted by Gasteiger charge is 2.43. The molecule has 2 amide bonds. The molecule has 6 nitrogen and oxygen atoms in total. The molecule has 0 radical (unpaired) electrons. The summed E-state index contributed by atoms with van der Waals surface area (Å²) in [4.78, 5) is 43.2. The Morgan fingerprint density at radius 1 is 1.32 bits per heavy atom. The number of piperazine rings is 1. The van der Waals surface area contributed by atoms with Gasteiger partial charge in [-0.15, -0.1) is 0 Å². The maximum Gasteiger partial charge on any atom is 0.246 e. The average molecular weight is 446 g/mol. The first-order chi connectivity index (χ1) is 13.3. The second kappa shape index (κ2) is 7.35. The van der Waals surface area contributed by atoms with Gasteiger partial charge in [0.1, 0.15) is 12.1 Å². The van der Waals surface area contributed by atoms with Crippen molar-refractivity contribution < 1.29 is 14.4 Å². The lowest BCUT2D eigenvalue weighted by molar-refractivity contribution is -0.146. The molecule has 0 saturated carbocycles. The summed E-state index contributed by atoms with van der Waals surface area (Å²) < 4.78 is 0.904. The van der Waals surface area contributed by atoms with E-state index < -0.39 is 6.04 Å². The number of H-pyrrole nitrogens is 1. The number of halogens is 1. The first-order valence-electron chi connectivity index (χ1n) is 9.79. The summed E-state index contributed by atoms with van der Waals surface area (Å²) >= 11 is 3.49. The zero-order valence-electron chi connectivity index (χ0n) is 16.0. The number of aromatic nitrogens is 1. The fraction of sp³-hybridized carbons (Fsp3) is 0.476. The van der Waals surface area contributed by atoms with Gasteiger partial charge in [0.15, 0.2) is 5.78 Å². The molecule has 0 spiro atoms. The maximum absolute atomic E-state index is 12.9. The lowest BCUT2D eigenvalue weighted by Gasteiger charge is -2.34. The summed E-state index contributed by atoms with van der Waals surface area (Å²) in [6.45, 7) is 4.65. The number of rotatable bonds is 5. The predicted octanol–water partition coefficient (Wildman–Crippen LogP) is 3.19. The van der Waals surface area contributed by atoms with Crippen LogP contribution in [0.15, 0.2) is 22.7 Å². The van der Waals surface area contributed by atoms with Crippen molar-refractivity contribution in [1.82, 2.24) is 15.2 Å². The maximum atomic E-state index is 12.9. The largest absolute Gasteiger partial charge is 0.352 e. The van der Waals surface area contributed by atoms with E-state index in [4.69, 9.17) is 0 Å². The Hall–Kier alpha value is -2.15. The van der Waals surface area contributed by atoms with Gasteiger partial charge in [-0.2, -0.15) is 0 Å². The van der Waals surface area contributed by atoms with Gasteiger partial charge in [0.25, 0.3) is 0 Å². The molecule has 0 unspecified atom stereocenters. The van der Waals surface area contributed by atoms with Gasteiger partial charge in [0.2, 0.25) is 11.8 Å². The smallest absolute Gasteiger partial charge is 0.246 e. The van der Waals surface area contributed by atoms with E-state index in [1.807, 2.05) is 32.0 Å². The molecule has 1 aromatic heterocycles. The molecular formula is C21H24BrN3O3. The molecule has 2 saturated heterocycles. The molecule has 2 atom stereocenters. The quantitative estimate of drug-likeness (QED) is 0.693. The monoisotopic (exact) mass is 445 g/mol. The molecule has 28 heavy (non-hydrogen) atoms. The van der Waals surface area contributed by atoms with Crippen molar-refractivity contribution in [3.05, 3.63) is 33.9 Å². The Morgan fingerprint density at radius 2 is 2.11 bits per heavy atom. The third kappa shape index (κ3) is 3.36. The van der Waals surface area contributed by atoms with Gasteiger partial charge >= 0.3 is 0 Å².